The molecule has 0 aliphatic carbocycles. The zero-order chi connectivity index (χ0) is 8.15. The third kappa shape index (κ3) is 3.85. The second kappa shape index (κ2) is 4.69. The van der Waals surface area contributed by atoms with E-state index in [0.29, 0.717) is 0 Å². The van der Waals surface area contributed by atoms with Gasteiger partial charge in [-0.2, -0.15) is 0 Å². The average Bonchev–Trinajstić information content (AvgIpc) is 1.87. The van der Waals surface area contributed by atoms with E-state index < -0.39 is 18.4 Å². The van der Waals surface area contributed by atoms with Crippen molar-refractivity contribution in [1.82, 2.24) is 5.32 Å². The van der Waals surface area contributed by atoms with E-state index in [1.54, 1.807) is 0 Å². The highest BCUT2D eigenvalue weighted by atomic mass is 127. The summed E-state index contributed by atoms with van der Waals surface area (Å²) in [6.07, 6.45) is -2.25. The first-order valence-corrected chi connectivity index (χ1v) is 3.41. The van der Waals surface area contributed by atoms with Gasteiger partial charge in [0.05, 0.1) is 6.04 Å². The highest BCUT2D eigenvalue weighted by molar-refractivity contribution is 14.1. The van der Waals surface area contributed by atoms with E-state index in [1.165, 1.54) is 29.9 Å². The molecule has 0 bridgehead atoms. The Labute approximate surface area is 72.1 Å². The summed E-state index contributed by atoms with van der Waals surface area (Å²) in [5.41, 5.74) is 0. The van der Waals surface area contributed by atoms with Crippen LogP contribution in [-0.4, -0.2) is 28.6 Å². The van der Waals surface area contributed by atoms with Gasteiger partial charge in [-0.15, -0.1) is 0 Å². The number of aliphatic hydroxyl groups excluding tert-OH is 1. The van der Waals surface area contributed by atoms with Gasteiger partial charge in [-0.1, -0.05) is 0 Å². The first-order valence-electron chi connectivity index (χ1n) is 2.53. The predicted octanol–water partition coefficient (Wildman–Crippen LogP) is -0.238. The molecule has 10 heavy (non-hydrogen) atoms. The van der Waals surface area contributed by atoms with Gasteiger partial charge < -0.3 is 18.6 Å². The number of carbonyl (C=O) groups is 1. The van der Waals surface area contributed by atoms with E-state index in [9.17, 15) is 4.79 Å². The van der Waals surface area contributed by atoms with Crippen molar-refractivity contribution in [1.29, 1.82) is 0 Å². The molecular formula is C4H8INO4. The van der Waals surface area contributed by atoms with Gasteiger partial charge in [0.25, 0.3) is 0 Å². The summed E-state index contributed by atoms with van der Waals surface area (Å²) in [5, 5.41) is 19.1. The maximum Gasteiger partial charge on any atom is 0.417 e. The fourth-order valence-corrected chi connectivity index (χ4v) is 0.410. The molecule has 0 heterocycles. The summed E-state index contributed by atoms with van der Waals surface area (Å²) < 4.78 is 4.17. The maximum atomic E-state index is 10.4. The van der Waals surface area contributed by atoms with Crippen LogP contribution in [0.5, 0.6) is 0 Å². The number of rotatable bonds is 2. The first kappa shape index (κ1) is 9.92. The number of carbonyl (C=O) groups excluding carboxylic acids is 1. The standard InChI is InChI=1S/C4H8INO4/c1-2(3(7)8)6-4(9)10-5/h2-3,7-8H,1H3,(H,6,9)/t2-/m0/s1. The van der Waals surface area contributed by atoms with E-state index in [4.69, 9.17) is 10.2 Å². The van der Waals surface area contributed by atoms with Crippen molar-refractivity contribution in [3.63, 3.8) is 0 Å². The molecule has 6 heteroatoms. The number of nitrogens with one attached hydrogen (secondary N) is 1. The summed E-state index contributed by atoms with van der Waals surface area (Å²) in [6, 6.07) is -0.720. The lowest BCUT2D eigenvalue weighted by molar-refractivity contribution is -0.0604. The zero-order valence-corrected chi connectivity index (χ0v) is 7.40. The highest BCUT2D eigenvalue weighted by Crippen LogP contribution is 1.91. The van der Waals surface area contributed by atoms with Crippen LogP contribution >= 0.6 is 23.0 Å². The monoisotopic (exact) mass is 261 g/mol. The van der Waals surface area contributed by atoms with Crippen LogP contribution in [0.3, 0.4) is 0 Å². The number of halogens is 1. The molecule has 0 spiro atoms. The van der Waals surface area contributed by atoms with Crippen LogP contribution in [0.2, 0.25) is 0 Å². The summed E-state index contributed by atoms with van der Waals surface area (Å²) in [4.78, 5) is 10.4. The Morgan fingerprint density at radius 2 is 2.20 bits per heavy atom. The topological polar surface area (TPSA) is 78.8 Å². The lowest BCUT2D eigenvalue weighted by Crippen LogP contribution is -2.40. The molecule has 0 rings (SSSR count). The van der Waals surface area contributed by atoms with Gasteiger partial charge in [-0.3, -0.25) is 0 Å². The molecule has 3 N–H and O–H groups in total. The van der Waals surface area contributed by atoms with Gasteiger partial charge >= 0.3 is 6.09 Å². The van der Waals surface area contributed by atoms with E-state index in [2.05, 4.69) is 8.38 Å². The van der Waals surface area contributed by atoms with E-state index >= 15 is 0 Å². The Hall–Kier alpha value is -0.0800. The Kier molecular flexibility index (Phi) is 4.65. The number of hydrogen-bond donors (Lipinski definition) is 3. The minimum Gasteiger partial charge on any atom is -0.378 e. The second-order valence-electron chi connectivity index (χ2n) is 1.71. The lowest BCUT2D eigenvalue weighted by atomic mass is 10.3. The van der Waals surface area contributed by atoms with E-state index in [0.717, 1.165) is 0 Å². The van der Waals surface area contributed by atoms with Crippen molar-refractivity contribution >= 4 is 29.1 Å². The van der Waals surface area contributed by atoms with Crippen LogP contribution in [0.4, 0.5) is 4.79 Å². The summed E-state index contributed by atoms with van der Waals surface area (Å²) in [5.74, 6) is 0. The molecule has 0 aliphatic rings. The zero-order valence-electron chi connectivity index (χ0n) is 5.24. The normalized spacial score (nSPS) is 12.9. The second-order valence-corrected chi connectivity index (χ2v) is 2.15. The van der Waals surface area contributed by atoms with Crippen molar-refractivity contribution < 1.29 is 18.1 Å². The molecule has 5 nitrogen and oxygen atoms in total. The average molecular weight is 261 g/mol. The van der Waals surface area contributed by atoms with Crippen LogP contribution < -0.4 is 5.32 Å². The Morgan fingerprint density at radius 3 is 2.50 bits per heavy atom. The first-order chi connectivity index (χ1) is 4.57. The number of hydrogen-bond acceptors (Lipinski definition) is 4. The lowest BCUT2D eigenvalue weighted by Gasteiger charge is -2.13. The van der Waals surface area contributed by atoms with Gasteiger partial charge in [-0.05, 0) is 6.92 Å². The third-order valence-corrected chi connectivity index (χ3v) is 1.26. The number of amides is 1. The molecule has 0 unspecified atom stereocenters. The van der Waals surface area contributed by atoms with Gasteiger partial charge in [0, 0.05) is 0 Å². The number of aliphatic hydroxyl groups is 2. The Bertz CT molecular complexity index is 118. The van der Waals surface area contributed by atoms with Crippen LogP contribution in [-0.2, 0) is 3.07 Å². The molecule has 1 atom stereocenters. The van der Waals surface area contributed by atoms with Gasteiger partial charge in [-0.25, -0.2) is 4.79 Å². The SMILES string of the molecule is C[C@H](NC(=O)OI)C(O)O. The minimum atomic E-state index is -1.56. The van der Waals surface area contributed by atoms with Crippen LogP contribution in [0.25, 0.3) is 0 Å². The van der Waals surface area contributed by atoms with Crippen molar-refractivity contribution in [2.75, 3.05) is 0 Å². The third-order valence-electron chi connectivity index (χ3n) is 0.863. The summed E-state index contributed by atoms with van der Waals surface area (Å²) >= 11 is 1.39. The van der Waals surface area contributed by atoms with Crippen molar-refractivity contribution in [3.05, 3.63) is 0 Å². The fraction of sp³-hybridized carbons (Fsp3) is 0.750. The van der Waals surface area contributed by atoms with Gasteiger partial charge in [0.1, 0.15) is 0 Å². The van der Waals surface area contributed by atoms with Crippen molar-refractivity contribution in [3.8, 4) is 0 Å². The minimum absolute atomic E-state index is 0.693. The summed E-state index contributed by atoms with van der Waals surface area (Å²) in [7, 11) is 0. The van der Waals surface area contributed by atoms with Crippen molar-refractivity contribution in [2.24, 2.45) is 0 Å². The Balaban J connectivity index is 3.57. The quantitative estimate of drug-likeness (QED) is 0.473. The van der Waals surface area contributed by atoms with Crippen LogP contribution in [0.15, 0.2) is 0 Å². The molecule has 60 valence electrons. The molecule has 1 amide bonds. The summed E-state index contributed by atoms with van der Waals surface area (Å²) in [6.45, 7) is 1.44. The molecule has 0 aliphatic heterocycles. The van der Waals surface area contributed by atoms with Crippen LogP contribution in [0.1, 0.15) is 6.92 Å². The molecule has 0 saturated carbocycles. The predicted molar refractivity (Wildman–Crippen MR) is 41.3 cm³/mol. The molecule has 0 aromatic carbocycles. The molecule has 0 fully saturated rings. The smallest absolute Gasteiger partial charge is 0.378 e. The Morgan fingerprint density at radius 1 is 1.70 bits per heavy atom. The van der Waals surface area contributed by atoms with E-state index in [-0.39, 0.29) is 0 Å². The van der Waals surface area contributed by atoms with Crippen molar-refractivity contribution in [2.45, 2.75) is 19.3 Å². The van der Waals surface area contributed by atoms with Gasteiger partial charge in [0.2, 0.25) is 0 Å². The van der Waals surface area contributed by atoms with Crippen LogP contribution in [0, 0.1) is 0 Å². The molecule has 0 saturated heterocycles. The largest absolute Gasteiger partial charge is 0.417 e. The molecule has 0 aromatic rings. The van der Waals surface area contributed by atoms with Gasteiger partial charge in [0.15, 0.2) is 29.3 Å². The fourth-order valence-electron chi connectivity index (χ4n) is 0.283. The van der Waals surface area contributed by atoms with E-state index in [1.807, 2.05) is 0 Å². The molecular weight excluding hydrogens is 253 g/mol. The maximum absolute atomic E-state index is 10.4. The molecule has 0 aromatic heterocycles. The molecule has 0 radical (unpaired) electrons. The highest BCUT2D eigenvalue weighted by Gasteiger charge is 2.13.